The van der Waals surface area contributed by atoms with Crippen LogP contribution in [0.2, 0.25) is 0 Å². The molecule has 0 aromatic rings. The lowest BCUT2D eigenvalue weighted by atomic mass is 9.60. The number of aliphatic hydroxyl groups is 3. The van der Waals surface area contributed by atoms with Crippen molar-refractivity contribution in [2.45, 2.75) is 58.3 Å². The van der Waals surface area contributed by atoms with E-state index in [0.717, 1.165) is 5.57 Å². The van der Waals surface area contributed by atoms with Gasteiger partial charge in [0.25, 0.3) is 0 Å². The van der Waals surface area contributed by atoms with E-state index in [4.69, 9.17) is 4.74 Å². The third kappa shape index (κ3) is 2.09. The van der Waals surface area contributed by atoms with E-state index in [0.29, 0.717) is 12.0 Å². The molecule has 0 aromatic carbocycles. The van der Waals surface area contributed by atoms with Gasteiger partial charge in [0.2, 0.25) is 0 Å². The van der Waals surface area contributed by atoms with Crippen LogP contribution in [0.15, 0.2) is 23.3 Å². The van der Waals surface area contributed by atoms with E-state index >= 15 is 0 Å². The van der Waals surface area contributed by atoms with Crippen LogP contribution in [0.3, 0.4) is 0 Å². The molecule has 0 amide bonds. The number of esters is 1. The van der Waals surface area contributed by atoms with Crippen molar-refractivity contribution in [3.63, 3.8) is 0 Å². The fraction of sp³-hybridized carbons (Fsp3) is 0.727. The molecule has 0 heterocycles. The van der Waals surface area contributed by atoms with Gasteiger partial charge in [0, 0.05) is 41.9 Å². The van der Waals surface area contributed by atoms with E-state index in [9.17, 15) is 24.9 Å². The summed E-state index contributed by atoms with van der Waals surface area (Å²) in [5.74, 6) is -2.71. The molecule has 6 nitrogen and oxygen atoms in total. The second kappa shape index (κ2) is 5.77. The summed E-state index contributed by atoms with van der Waals surface area (Å²) >= 11 is 0. The van der Waals surface area contributed by atoms with E-state index in [1.165, 1.54) is 6.92 Å². The van der Waals surface area contributed by atoms with Gasteiger partial charge in [-0.3, -0.25) is 9.59 Å². The Hall–Kier alpha value is -1.50. The molecule has 2 fully saturated rings. The van der Waals surface area contributed by atoms with Gasteiger partial charge >= 0.3 is 5.97 Å². The number of fused-ring (bicyclic) bond motifs is 5. The highest BCUT2D eigenvalue weighted by Gasteiger charge is 2.86. The minimum atomic E-state index is -1.36. The molecule has 0 radical (unpaired) electrons. The summed E-state index contributed by atoms with van der Waals surface area (Å²) < 4.78 is 5.73. The van der Waals surface area contributed by atoms with Gasteiger partial charge in [0.1, 0.15) is 5.60 Å². The number of hydrogen-bond donors (Lipinski definition) is 3. The average Bonchev–Trinajstić information content (AvgIpc) is 3.01. The smallest absolute Gasteiger partial charge is 0.303 e. The Kier molecular flexibility index (Phi) is 4.08. The molecule has 154 valence electrons. The van der Waals surface area contributed by atoms with Gasteiger partial charge in [-0.05, 0) is 24.5 Å². The lowest BCUT2D eigenvalue weighted by Gasteiger charge is -2.51. The number of carbonyl (C=O) groups is 2. The van der Waals surface area contributed by atoms with Gasteiger partial charge in [0.15, 0.2) is 5.78 Å². The molecule has 4 aliphatic rings. The van der Waals surface area contributed by atoms with Gasteiger partial charge in [-0.1, -0.05) is 32.9 Å². The first-order valence-electron chi connectivity index (χ1n) is 10.1. The van der Waals surface area contributed by atoms with Crippen molar-refractivity contribution >= 4 is 11.8 Å². The summed E-state index contributed by atoms with van der Waals surface area (Å²) in [6.07, 6.45) is 3.07. The van der Waals surface area contributed by atoms with Crippen LogP contribution in [0.25, 0.3) is 0 Å². The SMILES string of the molecule is CC(=O)O[C@]12[C@H]([C@H]3C=C(CO)C[C@H]4C(=O)C(C)=C[C@H]4[C@]3(O)[C@H](C)[C@@H]1O)C2(C)C. The molecular weight excluding hydrogens is 360 g/mol. The van der Waals surface area contributed by atoms with E-state index in [1.54, 1.807) is 13.8 Å². The Labute approximate surface area is 165 Å². The maximum atomic E-state index is 12.8. The number of aliphatic hydroxyl groups excluding tert-OH is 2. The molecular formula is C22H30O6. The number of ether oxygens (including phenoxy) is 1. The van der Waals surface area contributed by atoms with E-state index in [-0.39, 0.29) is 18.3 Å². The van der Waals surface area contributed by atoms with Crippen molar-refractivity contribution in [3.05, 3.63) is 23.3 Å². The third-order valence-corrected chi connectivity index (χ3v) is 8.23. The van der Waals surface area contributed by atoms with Gasteiger partial charge in [-0.2, -0.15) is 0 Å². The molecule has 0 bridgehead atoms. The van der Waals surface area contributed by atoms with Crippen LogP contribution in [-0.4, -0.2) is 51.0 Å². The van der Waals surface area contributed by atoms with Gasteiger partial charge in [0.05, 0.1) is 18.3 Å². The monoisotopic (exact) mass is 390 g/mol. The molecule has 6 heteroatoms. The Balaban J connectivity index is 1.90. The highest BCUT2D eigenvalue weighted by molar-refractivity contribution is 5.99. The van der Waals surface area contributed by atoms with Crippen molar-refractivity contribution < 1.29 is 29.6 Å². The molecule has 3 N–H and O–H groups in total. The predicted molar refractivity (Wildman–Crippen MR) is 101 cm³/mol. The summed E-state index contributed by atoms with van der Waals surface area (Å²) in [5, 5.41) is 33.3. The maximum absolute atomic E-state index is 12.8. The zero-order valence-electron chi connectivity index (χ0n) is 17.1. The van der Waals surface area contributed by atoms with Crippen molar-refractivity contribution in [1.29, 1.82) is 0 Å². The maximum Gasteiger partial charge on any atom is 0.303 e. The van der Waals surface area contributed by atoms with E-state index in [1.807, 2.05) is 26.0 Å². The highest BCUT2D eigenvalue weighted by atomic mass is 16.6. The predicted octanol–water partition coefficient (Wildman–Crippen LogP) is 1.39. The van der Waals surface area contributed by atoms with Gasteiger partial charge in [-0.25, -0.2) is 0 Å². The van der Waals surface area contributed by atoms with Crippen LogP contribution in [0, 0.1) is 35.0 Å². The Morgan fingerprint density at radius 3 is 2.50 bits per heavy atom. The van der Waals surface area contributed by atoms with Crippen LogP contribution in [-0.2, 0) is 14.3 Å². The van der Waals surface area contributed by atoms with Crippen molar-refractivity contribution in [1.82, 2.24) is 0 Å². The summed E-state index contributed by atoms with van der Waals surface area (Å²) in [6, 6.07) is 0. The Bertz CT molecular complexity index is 810. The highest BCUT2D eigenvalue weighted by Crippen LogP contribution is 2.76. The molecule has 0 unspecified atom stereocenters. The van der Waals surface area contributed by atoms with Gasteiger partial charge in [-0.15, -0.1) is 0 Å². The summed E-state index contributed by atoms with van der Waals surface area (Å²) in [6.45, 7) is 8.56. The second-order valence-corrected chi connectivity index (χ2v) is 9.77. The number of allylic oxidation sites excluding steroid dienone is 1. The Morgan fingerprint density at radius 1 is 1.29 bits per heavy atom. The molecule has 0 saturated heterocycles. The van der Waals surface area contributed by atoms with Crippen molar-refractivity contribution in [2.75, 3.05) is 6.61 Å². The molecule has 0 spiro atoms. The molecule has 28 heavy (non-hydrogen) atoms. The summed E-state index contributed by atoms with van der Waals surface area (Å²) in [5.41, 5.74) is -1.64. The molecule has 0 aliphatic heterocycles. The third-order valence-electron chi connectivity index (χ3n) is 8.23. The summed E-state index contributed by atoms with van der Waals surface area (Å²) in [7, 11) is 0. The second-order valence-electron chi connectivity index (χ2n) is 9.77. The zero-order chi connectivity index (χ0) is 20.8. The van der Waals surface area contributed by atoms with Crippen LogP contribution in [0.5, 0.6) is 0 Å². The first kappa shape index (κ1) is 19.8. The van der Waals surface area contributed by atoms with Crippen LogP contribution in [0.4, 0.5) is 0 Å². The number of Topliss-reactive ketones (excluding diaryl/α,β-unsaturated/α-hetero) is 1. The van der Waals surface area contributed by atoms with E-state index < -0.39 is 52.4 Å². The fourth-order valence-corrected chi connectivity index (χ4v) is 6.84. The largest absolute Gasteiger partial charge is 0.456 e. The standard InChI is InChI=1S/C22H30O6/c1-10-6-15-14(17(10)25)7-13(9-23)8-16-18-20(4,5)22(18,28-12(3)24)19(26)11(2)21(15,16)27/h6,8,11,14-16,18-19,23,26-27H,7,9H2,1-5H3/t11-,14-,15-,16-,18-,19+,21-,22-/m1/s1. The molecule has 4 aliphatic carbocycles. The molecule has 0 aromatic heterocycles. The van der Waals surface area contributed by atoms with Gasteiger partial charge < -0.3 is 20.1 Å². The zero-order valence-corrected chi connectivity index (χ0v) is 17.1. The average molecular weight is 390 g/mol. The number of rotatable bonds is 2. The normalized spacial score (nSPS) is 48.5. The molecule has 4 rings (SSSR count). The lowest BCUT2D eigenvalue weighted by molar-refractivity contribution is -0.207. The first-order chi connectivity index (χ1) is 12.9. The first-order valence-corrected chi connectivity index (χ1v) is 10.1. The number of carbonyl (C=O) groups excluding carboxylic acids is 2. The number of ketones is 1. The van der Waals surface area contributed by atoms with Crippen LogP contribution < -0.4 is 0 Å². The minimum absolute atomic E-state index is 0.00741. The number of hydrogen-bond acceptors (Lipinski definition) is 6. The van der Waals surface area contributed by atoms with Crippen molar-refractivity contribution in [2.24, 2.45) is 35.0 Å². The minimum Gasteiger partial charge on any atom is -0.456 e. The van der Waals surface area contributed by atoms with Crippen LogP contribution >= 0.6 is 0 Å². The molecule has 2 saturated carbocycles. The Morgan fingerprint density at radius 2 is 1.93 bits per heavy atom. The van der Waals surface area contributed by atoms with Crippen LogP contribution in [0.1, 0.15) is 41.0 Å². The lowest BCUT2D eigenvalue weighted by Crippen LogP contribution is -2.62. The topological polar surface area (TPSA) is 104 Å². The molecule has 8 atom stereocenters. The fourth-order valence-electron chi connectivity index (χ4n) is 6.84. The quantitative estimate of drug-likeness (QED) is 0.486. The van der Waals surface area contributed by atoms with Crippen molar-refractivity contribution in [3.8, 4) is 0 Å². The van der Waals surface area contributed by atoms with E-state index in [2.05, 4.69) is 0 Å². The summed E-state index contributed by atoms with van der Waals surface area (Å²) in [4.78, 5) is 24.6.